The van der Waals surface area contributed by atoms with E-state index in [2.05, 4.69) is 39.7 Å². The van der Waals surface area contributed by atoms with Gasteiger partial charge in [-0.25, -0.2) is 4.79 Å². The Bertz CT molecular complexity index is 993. The van der Waals surface area contributed by atoms with Crippen LogP contribution in [0.15, 0.2) is 55.1 Å². The van der Waals surface area contributed by atoms with Crippen molar-refractivity contribution in [2.45, 2.75) is 91.4 Å². The van der Waals surface area contributed by atoms with Crippen molar-refractivity contribution in [3.63, 3.8) is 0 Å². The number of anilines is 1. The maximum atomic E-state index is 12.5. The molecule has 0 amide bonds. The Labute approximate surface area is 264 Å². The first-order valence-corrected chi connectivity index (χ1v) is 16.6. The fraction of sp³-hybridized carbons (Fsp3) is 0.571. The van der Waals surface area contributed by atoms with Crippen molar-refractivity contribution in [3.05, 3.63) is 66.2 Å². The normalized spacial score (nSPS) is 10.9. The van der Waals surface area contributed by atoms with Crippen molar-refractivity contribution in [2.24, 2.45) is 0 Å². The van der Waals surface area contributed by atoms with Crippen LogP contribution < -0.4 is 10.1 Å². The molecule has 0 heterocycles. The standard InChI is InChI=1S/C35H54N2O3.BrHO/c1-6-9-10-11-12-13-14-15-16-17-20-28-39-34-22-19-18-21-33(34)30(4)36-32-25-23-31(24-26-32)35(38)40-29-27-37(5,7-2)8-3;1-2/h18-19,21-26H,4,6-17,20,27-29H2,1-3,5H3;2H/p+1. The average molecular weight is 649 g/mol. The second kappa shape index (κ2) is 23.1. The summed E-state index contributed by atoms with van der Waals surface area (Å²) in [5, 5.41) is 3.36. The third-order valence-corrected chi connectivity index (χ3v) is 8.02. The van der Waals surface area contributed by atoms with Crippen LogP contribution in [0.4, 0.5) is 5.69 Å². The first kappa shape index (κ1) is 37.7. The highest BCUT2D eigenvalue weighted by Crippen LogP contribution is 2.27. The Morgan fingerprint density at radius 3 is 1.93 bits per heavy atom. The molecule has 0 radical (unpaired) electrons. The number of esters is 1. The summed E-state index contributed by atoms with van der Waals surface area (Å²) < 4.78 is 19.4. The van der Waals surface area contributed by atoms with Gasteiger partial charge in [-0.2, -0.15) is 0 Å². The van der Waals surface area contributed by atoms with E-state index in [4.69, 9.17) is 13.7 Å². The molecule has 0 saturated carbocycles. The zero-order valence-corrected chi connectivity index (χ0v) is 28.2. The Kier molecular flexibility index (Phi) is 20.8. The molecule has 0 unspecified atom stereocenters. The number of nitrogens with zero attached hydrogens (tertiary/aromatic N) is 1. The van der Waals surface area contributed by atoms with Crippen LogP contribution in [0.1, 0.15) is 107 Å². The minimum Gasteiger partial charge on any atom is -0.493 e. The summed E-state index contributed by atoms with van der Waals surface area (Å²) in [6.45, 7) is 14.8. The lowest BCUT2D eigenvalue weighted by atomic mass is 10.1. The van der Waals surface area contributed by atoms with Gasteiger partial charge in [0, 0.05) is 16.9 Å². The summed E-state index contributed by atoms with van der Waals surface area (Å²) in [5.74, 6) is 0.558. The number of hydrogen-bond donors (Lipinski definition) is 2. The van der Waals surface area contributed by atoms with Gasteiger partial charge in [0.25, 0.3) is 0 Å². The number of carbonyl (C=O) groups is 1. The molecule has 6 nitrogen and oxygen atoms in total. The highest BCUT2D eigenvalue weighted by atomic mass is 79.9. The van der Waals surface area contributed by atoms with Crippen molar-refractivity contribution < 1.29 is 22.9 Å². The number of halogens is 1. The Morgan fingerprint density at radius 2 is 1.36 bits per heavy atom. The molecule has 2 rings (SSSR count). The lowest BCUT2D eigenvalue weighted by molar-refractivity contribution is -0.906. The minimum atomic E-state index is -0.287. The van der Waals surface area contributed by atoms with Crippen molar-refractivity contribution in [1.29, 1.82) is 0 Å². The highest BCUT2D eigenvalue weighted by molar-refractivity contribution is 9.05. The molecular formula is C35H56BrN2O4+. The SMILES string of the molecule is C=C(Nc1ccc(C(=O)OCC[N+](C)(CC)CC)cc1)c1ccccc1OCCCCCCCCCCCCC.OBr. The van der Waals surface area contributed by atoms with Gasteiger partial charge < -0.3 is 23.5 Å². The number of hydrogen-bond acceptors (Lipinski definition) is 5. The van der Waals surface area contributed by atoms with E-state index in [-0.39, 0.29) is 5.97 Å². The molecule has 0 aromatic heterocycles. The highest BCUT2D eigenvalue weighted by Gasteiger charge is 2.17. The third-order valence-electron chi connectivity index (χ3n) is 8.02. The largest absolute Gasteiger partial charge is 0.493 e. The number of carbonyl (C=O) groups excluding carboxylic acids is 1. The summed E-state index contributed by atoms with van der Waals surface area (Å²) >= 11 is 1.94. The number of benzene rings is 2. The zero-order valence-electron chi connectivity index (χ0n) is 26.6. The summed E-state index contributed by atoms with van der Waals surface area (Å²) in [7, 11) is 2.18. The molecule has 0 aliphatic rings. The lowest BCUT2D eigenvalue weighted by Crippen LogP contribution is -2.46. The van der Waals surface area contributed by atoms with Gasteiger partial charge >= 0.3 is 5.97 Å². The van der Waals surface area contributed by atoms with Crippen LogP contribution in [0, 0.1) is 0 Å². The quantitative estimate of drug-likeness (QED) is 0.0757. The monoisotopic (exact) mass is 647 g/mol. The van der Waals surface area contributed by atoms with Crippen LogP contribution in [-0.4, -0.2) is 54.5 Å². The molecule has 0 spiro atoms. The molecule has 0 saturated heterocycles. The van der Waals surface area contributed by atoms with Crippen molar-refractivity contribution in [1.82, 2.24) is 0 Å². The Balaban J connectivity index is 0.00000431. The van der Waals surface area contributed by atoms with Gasteiger partial charge in [-0.3, -0.25) is 0 Å². The van der Waals surface area contributed by atoms with Gasteiger partial charge in [0.2, 0.25) is 0 Å². The van der Waals surface area contributed by atoms with Gasteiger partial charge in [-0.15, -0.1) is 0 Å². The second-order valence-corrected chi connectivity index (χ2v) is 11.2. The van der Waals surface area contributed by atoms with E-state index in [0.717, 1.165) is 53.2 Å². The first-order chi connectivity index (χ1) is 20.4. The van der Waals surface area contributed by atoms with E-state index in [1.807, 2.05) is 52.7 Å². The van der Waals surface area contributed by atoms with Gasteiger partial charge in [-0.05, 0) is 56.7 Å². The molecule has 236 valence electrons. The third kappa shape index (κ3) is 15.2. The van der Waals surface area contributed by atoms with E-state index in [1.165, 1.54) is 64.2 Å². The topological polar surface area (TPSA) is 67.8 Å². The number of unbranched alkanes of at least 4 members (excludes halogenated alkanes) is 10. The smallest absolute Gasteiger partial charge is 0.338 e. The van der Waals surface area contributed by atoms with Gasteiger partial charge in [-0.1, -0.05) is 89.8 Å². The minimum absolute atomic E-state index is 0.287. The number of para-hydroxylation sites is 1. The van der Waals surface area contributed by atoms with Gasteiger partial charge in [0.1, 0.15) is 18.9 Å². The van der Waals surface area contributed by atoms with Gasteiger partial charge in [0.05, 0.1) is 48.6 Å². The second-order valence-electron chi connectivity index (χ2n) is 11.2. The van der Waals surface area contributed by atoms with E-state index in [1.54, 1.807) is 12.1 Å². The number of nitrogens with one attached hydrogen (secondary N) is 1. The first-order valence-electron chi connectivity index (χ1n) is 15.9. The molecule has 0 atom stereocenters. The number of rotatable bonds is 22. The number of ether oxygens (including phenoxy) is 2. The van der Waals surface area contributed by atoms with Crippen LogP contribution in [-0.2, 0) is 4.74 Å². The summed E-state index contributed by atoms with van der Waals surface area (Å²) in [6.07, 6.45) is 14.5. The molecular weight excluding hydrogens is 592 g/mol. The zero-order chi connectivity index (χ0) is 31.1. The molecule has 7 heteroatoms. The predicted molar refractivity (Wildman–Crippen MR) is 181 cm³/mol. The molecule has 42 heavy (non-hydrogen) atoms. The predicted octanol–water partition coefficient (Wildman–Crippen LogP) is 9.39. The Hall–Kier alpha value is -2.35. The lowest BCUT2D eigenvalue weighted by Gasteiger charge is -2.31. The molecule has 0 bridgehead atoms. The van der Waals surface area contributed by atoms with E-state index in [9.17, 15) is 4.79 Å². The molecule has 0 aliphatic heterocycles. The van der Waals surface area contributed by atoms with E-state index >= 15 is 0 Å². The number of quaternary nitrogens is 1. The van der Waals surface area contributed by atoms with E-state index < -0.39 is 0 Å². The van der Waals surface area contributed by atoms with Crippen molar-refractivity contribution in [2.75, 3.05) is 45.2 Å². The fourth-order valence-electron chi connectivity index (χ4n) is 4.70. The van der Waals surface area contributed by atoms with Gasteiger partial charge in [0.15, 0.2) is 0 Å². The van der Waals surface area contributed by atoms with E-state index in [0.29, 0.717) is 18.8 Å². The molecule has 2 aromatic rings. The van der Waals surface area contributed by atoms with Crippen LogP contribution in [0.5, 0.6) is 5.75 Å². The van der Waals surface area contributed by atoms with Crippen LogP contribution in [0.2, 0.25) is 0 Å². The summed E-state index contributed by atoms with van der Waals surface area (Å²) in [5.41, 5.74) is 3.13. The maximum Gasteiger partial charge on any atom is 0.338 e. The summed E-state index contributed by atoms with van der Waals surface area (Å²) in [6, 6.07) is 15.4. The Morgan fingerprint density at radius 1 is 0.810 bits per heavy atom. The molecule has 0 fully saturated rings. The fourth-order valence-corrected chi connectivity index (χ4v) is 4.70. The molecule has 2 N–H and O–H groups in total. The van der Waals surface area contributed by atoms with Crippen LogP contribution in [0.3, 0.4) is 0 Å². The van der Waals surface area contributed by atoms with Crippen LogP contribution >= 0.6 is 16.3 Å². The molecule has 2 aromatic carbocycles. The van der Waals surface area contributed by atoms with Crippen molar-refractivity contribution in [3.8, 4) is 5.75 Å². The molecule has 0 aliphatic carbocycles. The van der Waals surface area contributed by atoms with Crippen LogP contribution in [0.25, 0.3) is 5.70 Å². The average Bonchev–Trinajstić information content (AvgIpc) is 3.03. The number of likely N-dealkylation sites (N-methyl/N-ethyl adjacent to an activating group) is 1. The maximum absolute atomic E-state index is 12.5. The van der Waals surface area contributed by atoms with Crippen molar-refractivity contribution >= 4 is 33.6 Å². The summed E-state index contributed by atoms with van der Waals surface area (Å²) in [4.78, 5) is 12.5.